The van der Waals surface area contributed by atoms with Crippen LogP contribution in [-0.4, -0.2) is 54.2 Å². The Morgan fingerprint density at radius 1 is 1.04 bits per heavy atom. The van der Waals surface area contributed by atoms with E-state index in [0.717, 1.165) is 6.07 Å². The molecule has 1 aliphatic rings. The first-order chi connectivity index (χ1) is 10.8. The number of hydrogen-bond donors (Lipinski definition) is 1. The average Bonchev–Trinajstić information content (AvgIpc) is 2.48. The molecule has 2 N–H and O–H groups in total. The second-order valence-electron chi connectivity index (χ2n) is 5.49. The maximum atomic E-state index is 13.0. The van der Waals surface area contributed by atoms with E-state index in [1.807, 2.05) is 4.90 Å². The van der Waals surface area contributed by atoms with Gasteiger partial charge in [0.1, 0.15) is 0 Å². The van der Waals surface area contributed by atoms with Gasteiger partial charge in [0.15, 0.2) is 0 Å². The molecule has 1 aromatic rings. The molecule has 1 heterocycles. The lowest BCUT2D eigenvalue weighted by Gasteiger charge is -2.34. The predicted molar refractivity (Wildman–Crippen MR) is 77.4 cm³/mol. The Bertz CT molecular complexity index is 582. The summed E-state index contributed by atoms with van der Waals surface area (Å²) in [7, 11) is 0. The fourth-order valence-electron chi connectivity index (χ4n) is 2.56. The van der Waals surface area contributed by atoms with Gasteiger partial charge >= 0.3 is 6.18 Å². The molecule has 23 heavy (non-hydrogen) atoms. The van der Waals surface area contributed by atoms with E-state index in [2.05, 4.69) is 0 Å². The van der Waals surface area contributed by atoms with Crippen molar-refractivity contribution in [3.63, 3.8) is 0 Å². The van der Waals surface area contributed by atoms with Gasteiger partial charge in [-0.05, 0) is 11.6 Å². The lowest BCUT2D eigenvalue weighted by atomic mass is 10.1. The number of benzene rings is 1. The van der Waals surface area contributed by atoms with Gasteiger partial charge in [0.25, 0.3) is 5.91 Å². The fourth-order valence-corrected chi connectivity index (χ4v) is 2.56. The maximum absolute atomic E-state index is 13.0. The van der Waals surface area contributed by atoms with Crippen molar-refractivity contribution in [2.75, 3.05) is 32.7 Å². The highest BCUT2D eigenvalue weighted by Crippen LogP contribution is 2.32. The van der Waals surface area contributed by atoms with E-state index in [0.29, 0.717) is 26.2 Å². The summed E-state index contributed by atoms with van der Waals surface area (Å²) < 4.78 is 38.9. The molecule has 0 bridgehead atoms. The Labute approximate surface area is 131 Å². The minimum absolute atomic E-state index is 0.0394. The van der Waals surface area contributed by atoms with Crippen molar-refractivity contribution in [3.05, 3.63) is 35.4 Å². The molecule has 0 spiro atoms. The second kappa shape index (κ2) is 7.10. The third kappa shape index (κ3) is 4.77. The number of rotatable bonds is 5. The summed E-state index contributed by atoms with van der Waals surface area (Å²) in [4.78, 5) is 25.7. The lowest BCUT2D eigenvalue weighted by molar-refractivity contribution is -0.138. The van der Waals surface area contributed by atoms with Crippen molar-refractivity contribution in [2.24, 2.45) is 5.73 Å². The van der Waals surface area contributed by atoms with Crippen LogP contribution in [-0.2, 0) is 22.3 Å². The molecule has 1 fully saturated rings. The Morgan fingerprint density at radius 2 is 1.61 bits per heavy atom. The van der Waals surface area contributed by atoms with Gasteiger partial charge in [0.2, 0.25) is 5.78 Å². The summed E-state index contributed by atoms with van der Waals surface area (Å²) in [6.07, 6.45) is -4.37. The normalized spacial score (nSPS) is 17.2. The van der Waals surface area contributed by atoms with Crippen LogP contribution in [0.4, 0.5) is 13.2 Å². The molecule has 0 atom stereocenters. The number of ketones is 1. The van der Waals surface area contributed by atoms with Crippen molar-refractivity contribution in [1.82, 2.24) is 9.80 Å². The number of nitrogens with two attached hydrogens (primary N) is 1. The number of Topliss-reactive ketones (excluding diaryl/α,β-unsaturated/α-hetero) is 1. The molecule has 5 nitrogen and oxygen atoms in total. The van der Waals surface area contributed by atoms with E-state index in [4.69, 9.17) is 5.73 Å². The Balaban J connectivity index is 1.93. The molecule has 0 radical (unpaired) electrons. The molecule has 0 aliphatic carbocycles. The number of hydrogen-bond acceptors (Lipinski definition) is 4. The fraction of sp³-hybridized carbons (Fsp3) is 0.467. The van der Waals surface area contributed by atoms with Crippen LogP contribution in [0.25, 0.3) is 0 Å². The summed E-state index contributed by atoms with van der Waals surface area (Å²) in [6.45, 7) is 2.23. The van der Waals surface area contributed by atoms with Gasteiger partial charge in [0, 0.05) is 32.7 Å². The predicted octanol–water partition coefficient (Wildman–Crippen LogP) is 0.877. The maximum Gasteiger partial charge on any atom is 0.416 e. The zero-order valence-electron chi connectivity index (χ0n) is 12.5. The van der Waals surface area contributed by atoms with Crippen LogP contribution in [0.3, 0.4) is 0 Å². The van der Waals surface area contributed by atoms with Gasteiger partial charge in [-0.15, -0.1) is 0 Å². The molecule has 8 heteroatoms. The van der Waals surface area contributed by atoms with Gasteiger partial charge in [-0.1, -0.05) is 18.2 Å². The molecule has 1 aliphatic heterocycles. The number of carbonyl (C=O) groups excluding carboxylic acids is 2. The highest BCUT2D eigenvalue weighted by molar-refractivity contribution is 6.36. The van der Waals surface area contributed by atoms with Gasteiger partial charge in [-0.3, -0.25) is 19.4 Å². The molecular formula is C15H18F3N3O2. The second-order valence-corrected chi connectivity index (χ2v) is 5.49. The molecule has 0 aromatic heterocycles. The van der Waals surface area contributed by atoms with Crippen LogP contribution in [0.5, 0.6) is 0 Å². The van der Waals surface area contributed by atoms with Gasteiger partial charge in [-0.25, -0.2) is 0 Å². The SMILES string of the molecule is NC(=O)C(=O)CN1CCN(Cc2ccccc2C(F)(F)F)CC1. The van der Waals surface area contributed by atoms with E-state index in [-0.39, 0.29) is 18.7 Å². The number of alkyl halides is 3. The monoisotopic (exact) mass is 329 g/mol. The van der Waals surface area contributed by atoms with Crippen LogP contribution < -0.4 is 5.73 Å². The molecule has 0 unspecified atom stereocenters. The van der Waals surface area contributed by atoms with E-state index >= 15 is 0 Å². The van der Waals surface area contributed by atoms with Crippen LogP contribution in [0.2, 0.25) is 0 Å². The Morgan fingerprint density at radius 3 is 2.17 bits per heavy atom. The summed E-state index contributed by atoms with van der Waals surface area (Å²) in [6, 6.07) is 5.52. The molecular weight excluding hydrogens is 311 g/mol. The van der Waals surface area contributed by atoms with Gasteiger partial charge in [-0.2, -0.15) is 13.2 Å². The molecule has 1 aromatic carbocycles. The van der Waals surface area contributed by atoms with E-state index < -0.39 is 23.4 Å². The number of primary amides is 1. The summed E-state index contributed by atoms with van der Waals surface area (Å²) in [5.41, 5.74) is 4.53. The smallest absolute Gasteiger partial charge is 0.363 e. The summed E-state index contributed by atoms with van der Waals surface area (Å²) >= 11 is 0. The van der Waals surface area contributed by atoms with Crippen molar-refractivity contribution in [3.8, 4) is 0 Å². The lowest BCUT2D eigenvalue weighted by Crippen LogP contribution is -2.48. The summed E-state index contributed by atoms with van der Waals surface area (Å²) in [5.74, 6) is -1.62. The number of piperazine rings is 1. The third-order valence-corrected chi connectivity index (χ3v) is 3.82. The highest BCUT2D eigenvalue weighted by atomic mass is 19.4. The van der Waals surface area contributed by atoms with Crippen LogP contribution in [0.15, 0.2) is 24.3 Å². The van der Waals surface area contributed by atoms with Crippen LogP contribution >= 0.6 is 0 Å². The van der Waals surface area contributed by atoms with Gasteiger partial charge in [0.05, 0.1) is 12.1 Å². The minimum Gasteiger partial charge on any atom is -0.363 e. The average molecular weight is 329 g/mol. The van der Waals surface area contributed by atoms with E-state index in [1.165, 1.54) is 12.1 Å². The van der Waals surface area contributed by atoms with Crippen molar-refractivity contribution in [2.45, 2.75) is 12.7 Å². The zero-order chi connectivity index (χ0) is 17.0. The molecule has 1 saturated heterocycles. The first kappa shape index (κ1) is 17.4. The standard InChI is InChI=1S/C15H18F3N3O2/c16-15(17,18)12-4-2-1-3-11(12)9-20-5-7-21(8-6-20)10-13(22)14(19)23/h1-4H,5-10H2,(H2,19,23). The van der Waals surface area contributed by atoms with Crippen LogP contribution in [0.1, 0.15) is 11.1 Å². The molecule has 0 saturated carbocycles. The molecule has 1 amide bonds. The number of amides is 1. The number of halogens is 3. The number of carbonyl (C=O) groups is 2. The molecule has 126 valence electrons. The number of nitrogens with zero attached hydrogens (tertiary/aromatic N) is 2. The Kier molecular flexibility index (Phi) is 5.38. The molecule has 2 rings (SSSR count). The first-order valence-corrected chi connectivity index (χ1v) is 7.20. The zero-order valence-corrected chi connectivity index (χ0v) is 12.5. The quantitative estimate of drug-likeness (QED) is 0.815. The van der Waals surface area contributed by atoms with E-state index in [1.54, 1.807) is 11.0 Å². The highest BCUT2D eigenvalue weighted by Gasteiger charge is 2.33. The third-order valence-electron chi connectivity index (χ3n) is 3.82. The van der Waals surface area contributed by atoms with Crippen molar-refractivity contribution >= 4 is 11.7 Å². The van der Waals surface area contributed by atoms with Crippen molar-refractivity contribution < 1.29 is 22.8 Å². The largest absolute Gasteiger partial charge is 0.416 e. The minimum atomic E-state index is -4.37. The van der Waals surface area contributed by atoms with E-state index in [9.17, 15) is 22.8 Å². The Hall–Kier alpha value is -1.93. The topological polar surface area (TPSA) is 66.6 Å². The van der Waals surface area contributed by atoms with Crippen molar-refractivity contribution in [1.29, 1.82) is 0 Å². The van der Waals surface area contributed by atoms with Gasteiger partial charge < -0.3 is 5.73 Å². The summed E-state index contributed by atoms with van der Waals surface area (Å²) in [5, 5.41) is 0. The first-order valence-electron chi connectivity index (χ1n) is 7.20. The van der Waals surface area contributed by atoms with Crippen LogP contribution in [0, 0.1) is 0 Å².